The van der Waals surface area contributed by atoms with Gasteiger partial charge in [-0.1, -0.05) is 91.0 Å². The first-order valence-corrected chi connectivity index (χ1v) is 13.7. The van der Waals surface area contributed by atoms with Crippen LogP contribution in [-0.2, 0) is 0 Å². The predicted molar refractivity (Wildman–Crippen MR) is 168 cm³/mol. The molecule has 0 aliphatic carbocycles. The van der Waals surface area contributed by atoms with Crippen LogP contribution in [0.1, 0.15) is 0 Å². The number of rotatable bonds is 6. The zero-order valence-corrected chi connectivity index (χ0v) is 22.7. The van der Waals surface area contributed by atoms with E-state index in [2.05, 4.69) is 112 Å². The summed E-state index contributed by atoms with van der Waals surface area (Å²) in [6, 6.07) is 39.3. The van der Waals surface area contributed by atoms with E-state index in [1.165, 1.54) is 0 Å². The number of hydrogen-bond acceptors (Lipinski definition) is 5. The highest BCUT2D eigenvalue weighted by Crippen LogP contribution is 2.31. The lowest BCUT2D eigenvalue weighted by Gasteiger charge is -2.11. The van der Waals surface area contributed by atoms with Crippen LogP contribution in [0.15, 0.2) is 152 Å². The fraction of sp³-hybridized carbons (Fsp3) is 0. The highest BCUT2D eigenvalue weighted by Gasteiger charge is 2.12. The molecule has 42 heavy (non-hydrogen) atoms. The van der Waals surface area contributed by atoms with E-state index in [1.807, 2.05) is 36.8 Å². The molecule has 0 spiro atoms. The highest BCUT2D eigenvalue weighted by atomic mass is 14.9. The van der Waals surface area contributed by atoms with E-state index < -0.39 is 0 Å². The lowest BCUT2D eigenvalue weighted by atomic mass is 10.0. The molecule has 0 bridgehead atoms. The molecule has 4 aromatic heterocycles. The van der Waals surface area contributed by atoms with Crippen LogP contribution in [0.25, 0.3) is 67.3 Å². The molecule has 5 nitrogen and oxygen atoms in total. The largest absolute Gasteiger partial charge is 0.264 e. The Morgan fingerprint density at radius 3 is 0.976 bits per heavy atom. The molecule has 7 aromatic rings. The van der Waals surface area contributed by atoms with Crippen LogP contribution in [0.4, 0.5) is 0 Å². The summed E-state index contributed by atoms with van der Waals surface area (Å²) in [5, 5.41) is 0. The van der Waals surface area contributed by atoms with Crippen LogP contribution in [-0.4, -0.2) is 24.9 Å². The first kappa shape index (κ1) is 25.2. The van der Waals surface area contributed by atoms with Crippen molar-refractivity contribution < 1.29 is 0 Å². The van der Waals surface area contributed by atoms with E-state index in [1.54, 1.807) is 18.6 Å². The van der Waals surface area contributed by atoms with Gasteiger partial charge in [-0.15, -0.1) is 0 Å². The van der Waals surface area contributed by atoms with Gasteiger partial charge < -0.3 is 0 Å². The Balaban J connectivity index is 1.29. The molecule has 4 heterocycles. The van der Waals surface area contributed by atoms with Gasteiger partial charge >= 0.3 is 0 Å². The van der Waals surface area contributed by atoms with Gasteiger partial charge in [0.1, 0.15) is 0 Å². The van der Waals surface area contributed by atoms with E-state index >= 15 is 0 Å². The van der Waals surface area contributed by atoms with Crippen molar-refractivity contribution in [1.82, 2.24) is 24.9 Å². The van der Waals surface area contributed by atoms with Gasteiger partial charge in [-0.3, -0.25) is 15.0 Å². The third-order valence-corrected chi connectivity index (χ3v) is 7.22. The number of aromatic nitrogens is 5. The SMILES string of the molecule is c1cncc(-c2ccc(-c3cc(-c4ccc(-c5cccnc5)cc4)nc(-c4ccc(-c5cccnc5)cc4)n3)cc2)c1. The van der Waals surface area contributed by atoms with Crippen molar-refractivity contribution in [2.75, 3.05) is 0 Å². The average Bonchev–Trinajstić information content (AvgIpc) is 3.09. The molecule has 198 valence electrons. The second-order valence-electron chi connectivity index (χ2n) is 9.92. The topological polar surface area (TPSA) is 64.5 Å². The van der Waals surface area contributed by atoms with Gasteiger partial charge in [0, 0.05) is 53.9 Å². The zero-order chi connectivity index (χ0) is 28.1. The maximum atomic E-state index is 5.03. The quantitative estimate of drug-likeness (QED) is 0.212. The number of pyridine rings is 3. The molecule has 0 radical (unpaired) electrons. The normalized spacial score (nSPS) is 10.9. The summed E-state index contributed by atoms with van der Waals surface area (Å²) >= 11 is 0. The third kappa shape index (κ3) is 5.31. The lowest BCUT2D eigenvalue weighted by molar-refractivity contribution is 1.18. The molecular formula is C37H25N5. The second kappa shape index (κ2) is 11.4. The fourth-order valence-corrected chi connectivity index (χ4v) is 4.95. The Morgan fingerprint density at radius 1 is 0.310 bits per heavy atom. The fourth-order valence-electron chi connectivity index (χ4n) is 4.95. The van der Waals surface area contributed by atoms with Gasteiger partial charge in [-0.2, -0.15) is 0 Å². The summed E-state index contributed by atoms with van der Waals surface area (Å²) in [6.45, 7) is 0. The van der Waals surface area contributed by atoms with Crippen molar-refractivity contribution in [3.63, 3.8) is 0 Å². The van der Waals surface area contributed by atoms with Crippen molar-refractivity contribution in [3.8, 4) is 67.3 Å². The maximum Gasteiger partial charge on any atom is 0.160 e. The van der Waals surface area contributed by atoms with Crippen LogP contribution < -0.4 is 0 Å². The van der Waals surface area contributed by atoms with Crippen molar-refractivity contribution in [2.45, 2.75) is 0 Å². The average molecular weight is 540 g/mol. The van der Waals surface area contributed by atoms with Crippen LogP contribution in [0.3, 0.4) is 0 Å². The molecule has 3 aromatic carbocycles. The molecule has 0 fully saturated rings. The van der Waals surface area contributed by atoms with E-state index in [0.29, 0.717) is 5.82 Å². The van der Waals surface area contributed by atoms with Crippen molar-refractivity contribution in [2.24, 2.45) is 0 Å². The summed E-state index contributed by atoms with van der Waals surface area (Å²) in [4.78, 5) is 22.8. The maximum absolute atomic E-state index is 5.03. The monoisotopic (exact) mass is 539 g/mol. The minimum atomic E-state index is 0.674. The zero-order valence-electron chi connectivity index (χ0n) is 22.7. The Hall–Kier alpha value is -5.81. The summed E-state index contributed by atoms with van der Waals surface area (Å²) in [6.07, 6.45) is 11.0. The molecule has 7 rings (SSSR count). The third-order valence-electron chi connectivity index (χ3n) is 7.22. The van der Waals surface area contributed by atoms with Crippen LogP contribution >= 0.6 is 0 Å². The van der Waals surface area contributed by atoms with E-state index in [-0.39, 0.29) is 0 Å². The summed E-state index contributed by atoms with van der Waals surface area (Å²) in [5.74, 6) is 0.674. The Bertz CT molecular complexity index is 1680. The molecule has 0 saturated heterocycles. The molecular weight excluding hydrogens is 514 g/mol. The van der Waals surface area contributed by atoms with Crippen molar-refractivity contribution >= 4 is 0 Å². The van der Waals surface area contributed by atoms with E-state index in [4.69, 9.17) is 9.97 Å². The smallest absolute Gasteiger partial charge is 0.160 e. The number of hydrogen-bond donors (Lipinski definition) is 0. The molecule has 0 unspecified atom stereocenters. The molecule has 0 amide bonds. The predicted octanol–water partition coefficient (Wildman–Crippen LogP) is 8.66. The van der Waals surface area contributed by atoms with Gasteiger partial charge in [-0.05, 0) is 57.6 Å². The Morgan fingerprint density at radius 2 is 0.643 bits per heavy atom. The van der Waals surface area contributed by atoms with Crippen LogP contribution in [0.5, 0.6) is 0 Å². The lowest BCUT2D eigenvalue weighted by Crippen LogP contribution is -1.96. The highest BCUT2D eigenvalue weighted by molar-refractivity contribution is 5.76. The van der Waals surface area contributed by atoms with E-state index in [0.717, 1.165) is 61.5 Å². The number of nitrogens with zero attached hydrogens (tertiary/aromatic N) is 5. The van der Waals surface area contributed by atoms with Gasteiger partial charge in [0.05, 0.1) is 11.4 Å². The Labute approximate surface area is 244 Å². The van der Waals surface area contributed by atoms with Gasteiger partial charge in [-0.25, -0.2) is 9.97 Å². The Kier molecular flexibility index (Phi) is 6.81. The van der Waals surface area contributed by atoms with Gasteiger partial charge in [0.15, 0.2) is 5.82 Å². The first-order chi connectivity index (χ1) is 20.8. The van der Waals surface area contributed by atoms with Crippen LogP contribution in [0, 0.1) is 0 Å². The standard InChI is InChI=1S/C37H25N5/c1-4-32(23-38-19-1)26-7-13-29(14-8-26)35-22-36(30-15-9-27(10-16-30)33-5-2-20-39-24-33)42-37(41-35)31-17-11-28(12-18-31)34-6-3-21-40-25-34/h1-25H. The summed E-state index contributed by atoms with van der Waals surface area (Å²) in [7, 11) is 0. The number of benzene rings is 3. The van der Waals surface area contributed by atoms with Gasteiger partial charge in [0.25, 0.3) is 0 Å². The van der Waals surface area contributed by atoms with Crippen LogP contribution in [0.2, 0.25) is 0 Å². The van der Waals surface area contributed by atoms with Gasteiger partial charge in [0.2, 0.25) is 0 Å². The molecule has 0 atom stereocenters. The molecule has 5 heteroatoms. The van der Waals surface area contributed by atoms with E-state index in [9.17, 15) is 0 Å². The first-order valence-electron chi connectivity index (χ1n) is 13.7. The molecule has 0 aliphatic rings. The molecule has 0 saturated carbocycles. The van der Waals surface area contributed by atoms with Crippen molar-refractivity contribution in [3.05, 3.63) is 152 Å². The molecule has 0 aliphatic heterocycles. The minimum absolute atomic E-state index is 0.674. The summed E-state index contributed by atoms with van der Waals surface area (Å²) < 4.78 is 0. The van der Waals surface area contributed by atoms with Crippen molar-refractivity contribution in [1.29, 1.82) is 0 Å². The second-order valence-corrected chi connectivity index (χ2v) is 9.92. The minimum Gasteiger partial charge on any atom is -0.264 e. The summed E-state index contributed by atoms with van der Waals surface area (Å²) in [5.41, 5.74) is 11.3. The molecule has 0 N–H and O–H groups in total.